The van der Waals surface area contributed by atoms with Gasteiger partial charge in [0.25, 0.3) is 5.91 Å². The van der Waals surface area contributed by atoms with Crippen LogP contribution in [0.1, 0.15) is 6.92 Å². The van der Waals surface area contributed by atoms with Gasteiger partial charge < -0.3 is 19.1 Å². The number of likely N-dealkylation sites (N-methyl/N-ethyl adjacent to an activating group) is 1. The zero-order valence-corrected chi connectivity index (χ0v) is 11.6. The Morgan fingerprint density at radius 2 is 1.65 bits per heavy atom. The first-order chi connectivity index (χ1) is 9.40. The summed E-state index contributed by atoms with van der Waals surface area (Å²) in [5, 5.41) is 0. The van der Waals surface area contributed by atoms with Gasteiger partial charge in [-0.2, -0.15) is 0 Å². The third-order valence-corrected chi connectivity index (χ3v) is 1.99. The highest BCUT2D eigenvalue weighted by molar-refractivity contribution is 5.92. The molecule has 112 valence electrons. The van der Waals surface area contributed by atoms with E-state index in [-0.39, 0.29) is 13.2 Å². The summed E-state index contributed by atoms with van der Waals surface area (Å²) in [7, 11) is 2.53. The average molecular weight is 287 g/mol. The molecule has 0 spiro atoms. The van der Waals surface area contributed by atoms with Crippen LogP contribution < -0.4 is 0 Å². The molecule has 0 bridgehead atoms. The summed E-state index contributed by atoms with van der Waals surface area (Å²) in [4.78, 5) is 45.5. The maximum absolute atomic E-state index is 11.5. The summed E-state index contributed by atoms with van der Waals surface area (Å²) in [6.07, 6.45) is 1.71. The average Bonchev–Trinajstić information content (AvgIpc) is 2.41. The monoisotopic (exact) mass is 287 g/mol. The second-order valence-corrected chi connectivity index (χ2v) is 3.52. The van der Waals surface area contributed by atoms with Crippen LogP contribution in [0.4, 0.5) is 0 Å². The van der Waals surface area contributed by atoms with Crippen LogP contribution in [0.2, 0.25) is 0 Å². The predicted octanol–water partition coefficient (Wildman–Crippen LogP) is -0.720. The summed E-state index contributed by atoms with van der Waals surface area (Å²) in [5.74, 6) is -2.71. The Kier molecular flexibility index (Phi) is 8.40. The number of nitrogens with zero attached hydrogens (tertiary/aromatic N) is 1. The molecule has 0 saturated heterocycles. The van der Waals surface area contributed by atoms with Crippen molar-refractivity contribution in [3.05, 3.63) is 12.2 Å². The molecule has 0 fully saturated rings. The molecule has 20 heavy (non-hydrogen) atoms. The molecule has 0 atom stereocenters. The Morgan fingerprint density at radius 3 is 2.20 bits per heavy atom. The van der Waals surface area contributed by atoms with Gasteiger partial charge in [-0.3, -0.25) is 9.59 Å². The third kappa shape index (κ3) is 7.85. The number of ether oxygens (including phenoxy) is 3. The van der Waals surface area contributed by atoms with Crippen LogP contribution in [0.5, 0.6) is 0 Å². The maximum Gasteiger partial charge on any atom is 0.331 e. The predicted molar refractivity (Wildman–Crippen MR) is 66.4 cm³/mol. The highest BCUT2D eigenvalue weighted by Crippen LogP contribution is 1.91. The molecule has 0 aromatic carbocycles. The van der Waals surface area contributed by atoms with E-state index >= 15 is 0 Å². The molecule has 0 radical (unpaired) electrons. The van der Waals surface area contributed by atoms with Crippen LogP contribution in [0.3, 0.4) is 0 Å². The molecule has 0 saturated carbocycles. The van der Waals surface area contributed by atoms with E-state index in [0.717, 1.165) is 24.2 Å². The van der Waals surface area contributed by atoms with Gasteiger partial charge in [0.1, 0.15) is 6.54 Å². The van der Waals surface area contributed by atoms with Crippen molar-refractivity contribution in [1.82, 2.24) is 4.90 Å². The van der Waals surface area contributed by atoms with E-state index in [1.165, 1.54) is 7.05 Å². The number of esters is 3. The van der Waals surface area contributed by atoms with E-state index in [0.29, 0.717) is 0 Å². The lowest BCUT2D eigenvalue weighted by molar-refractivity contribution is -0.152. The topological polar surface area (TPSA) is 99.2 Å². The number of hydrogen-bond acceptors (Lipinski definition) is 7. The molecule has 0 N–H and O–H groups in total. The summed E-state index contributed by atoms with van der Waals surface area (Å²) in [6.45, 7) is 1.09. The van der Waals surface area contributed by atoms with Crippen LogP contribution in [0.15, 0.2) is 12.2 Å². The number of amides is 1. The quantitative estimate of drug-likeness (QED) is 0.346. The van der Waals surface area contributed by atoms with Gasteiger partial charge in [0, 0.05) is 19.2 Å². The number of carbonyl (C=O) groups excluding carboxylic acids is 4. The number of hydrogen-bond donors (Lipinski definition) is 0. The standard InChI is InChI=1S/C12H17NO7/c1-4-19-12(17)7-13(2)9(14)8-20-11(16)6-5-10(15)18-3/h5-6H,4,7-8H2,1-3H3. The Labute approximate surface area is 116 Å². The smallest absolute Gasteiger partial charge is 0.331 e. The number of methoxy groups -OCH3 is 1. The minimum atomic E-state index is -0.867. The molecule has 8 nitrogen and oxygen atoms in total. The second-order valence-electron chi connectivity index (χ2n) is 3.52. The van der Waals surface area contributed by atoms with Crippen molar-refractivity contribution >= 4 is 23.8 Å². The third-order valence-electron chi connectivity index (χ3n) is 1.99. The lowest BCUT2D eigenvalue weighted by atomic mass is 10.5. The lowest BCUT2D eigenvalue weighted by Crippen LogP contribution is -2.35. The normalized spacial score (nSPS) is 9.95. The summed E-state index contributed by atoms with van der Waals surface area (Å²) < 4.78 is 13.5. The highest BCUT2D eigenvalue weighted by atomic mass is 16.5. The van der Waals surface area contributed by atoms with Gasteiger partial charge in [-0.1, -0.05) is 0 Å². The van der Waals surface area contributed by atoms with Gasteiger partial charge in [-0.05, 0) is 6.92 Å². The molecule has 0 aliphatic rings. The largest absolute Gasteiger partial charge is 0.466 e. The minimum absolute atomic E-state index is 0.216. The molecule has 1 amide bonds. The molecule has 0 aromatic heterocycles. The molecular formula is C12H17NO7. The van der Waals surface area contributed by atoms with Gasteiger partial charge >= 0.3 is 17.9 Å². The van der Waals surface area contributed by atoms with Crippen LogP contribution >= 0.6 is 0 Å². The first-order valence-corrected chi connectivity index (χ1v) is 5.73. The molecule has 0 aliphatic heterocycles. The Morgan fingerprint density at radius 1 is 1.05 bits per heavy atom. The molecule has 0 rings (SSSR count). The van der Waals surface area contributed by atoms with E-state index in [4.69, 9.17) is 0 Å². The van der Waals surface area contributed by atoms with Crippen molar-refractivity contribution in [2.45, 2.75) is 6.92 Å². The molecule has 0 aromatic rings. The van der Waals surface area contributed by atoms with Gasteiger partial charge in [-0.25, -0.2) is 9.59 Å². The van der Waals surface area contributed by atoms with E-state index < -0.39 is 30.4 Å². The summed E-state index contributed by atoms with van der Waals surface area (Å²) in [5.41, 5.74) is 0. The summed E-state index contributed by atoms with van der Waals surface area (Å²) in [6, 6.07) is 0. The molecule has 0 unspecified atom stereocenters. The number of carbonyl (C=O) groups is 4. The van der Waals surface area contributed by atoms with Crippen molar-refractivity contribution in [3.8, 4) is 0 Å². The van der Waals surface area contributed by atoms with Crippen LogP contribution in [-0.4, -0.2) is 62.6 Å². The van der Waals surface area contributed by atoms with Crippen molar-refractivity contribution in [1.29, 1.82) is 0 Å². The first kappa shape index (κ1) is 17.6. The van der Waals surface area contributed by atoms with Crippen LogP contribution in [0.25, 0.3) is 0 Å². The van der Waals surface area contributed by atoms with E-state index in [1.54, 1.807) is 6.92 Å². The molecule has 8 heteroatoms. The highest BCUT2D eigenvalue weighted by Gasteiger charge is 2.14. The maximum atomic E-state index is 11.5. The zero-order chi connectivity index (χ0) is 15.5. The SMILES string of the molecule is CCOC(=O)CN(C)C(=O)COC(=O)C=CC(=O)OC. The molecule has 0 heterocycles. The first-order valence-electron chi connectivity index (χ1n) is 5.73. The molecule has 0 aliphatic carbocycles. The second kappa shape index (κ2) is 9.54. The van der Waals surface area contributed by atoms with Gasteiger partial charge in [-0.15, -0.1) is 0 Å². The zero-order valence-electron chi connectivity index (χ0n) is 11.6. The minimum Gasteiger partial charge on any atom is -0.466 e. The fraction of sp³-hybridized carbons (Fsp3) is 0.500. The van der Waals surface area contributed by atoms with Gasteiger partial charge in [0.2, 0.25) is 0 Å². The Bertz CT molecular complexity index is 403. The van der Waals surface area contributed by atoms with Crippen molar-refractivity contribution in [3.63, 3.8) is 0 Å². The van der Waals surface area contributed by atoms with E-state index in [1.807, 2.05) is 0 Å². The van der Waals surface area contributed by atoms with Gasteiger partial charge in [0.05, 0.1) is 13.7 Å². The van der Waals surface area contributed by atoms with Crippen molar-refractivity contribution in [2.24, 2.45) is 0 Å². The van der Waals surface area contributed by atoms with E-state index in [9.17, 15) is 19.2 Å². The van der Waals surface area contributed by atoms with Crippen LogP contribution in [-0.2, 0) is 33.4 Å². The fourth-order valence-electron chi connectivity index (χ4n) is 0.984. The van der Waals surface area contributed by atoms with Gasteiger partial charge in [0.15, 0.2) is 6.61 Å². The van der Waals surface area contributed by atoms with Crippen molar-refractivity contribution in [2.75, 3.05) is 33.9 Å². The number of rotatable bonds is 7. The Hall–Kier alpha value is -2.38. The van der Waals surface area contributed by atoms with E-state index in [2.05, 4.69) is 14.2 Å². The fourth-order valence-corrected chi connectivity index (χ4v) is 0.984. The lowest BCUT2D eigenvalue weighted by Gasteiger charge is -2.15. The molecular weight excluding hydrogens is 270 g/mol. The Balaban J connectivity index is 4.09. The summed E-state index contributed by atoms with van der Waals surface area (Å²) >= 11 is 0. The van der Waals surface area contributed by atoms with Crippen molar-refractivity contribution < 1.29 is 33.4 Å². The van der Waals surface area contributed by atoms with Crippen LogP contribution in [0, 0.1) is 0 Å².